The van der Waals surface area contributed by atoms with Crippen molar-refractivity contribution in [3.63, 3.8) is 0 Å². The van der Waals surface area contributed by atoms with Crippen molar-refractivity contribution >= 4 is 15.8 Å². The van der Waals surface area contributed by atoms with Gasteiger partial charge in [0.2, 0.25) is 10.0 Å². The van der Waals surface area contributed by atoms with Gasteiger partial charge < -0.3 is 5.32 Å². The van der Waals surface area contributed by atoms with Crippen molar-refractivity contribution in [2.24, 2.45) is 0 Å². The molecule has 2 rings (SSSR count). The van der Waals surface area contributed by atoms with Gasteiger partial charge in [0.25, 0.3) is 0 Å². The third kappa shape index (κ3) is 3.91. The van der Waals surface area contributed by atoms with Crippen LogP contribution in [0.4, 0.5) is 5.82 Å². The Hall–Kier alpha value is -1.14. The smallest absolute Gasteiger partial charge is 0.215 e. The average molecular weight is 283 g/mol. The van der Waals surface area contributed by atoms with Crippen LogP contribution in [0.5, 0.6) is 0 Å². The molecule has 0 aliphatic heterocycles. The number of sulfonamides is 1. The normalized spacial score (nSPS) is 17.5. The maximum atomic E-state index is 11.8. The molecule has 0 spiro atoms. The molecule has 1 aliphatic rings. The summed E-state index contributed by atoms with van der Waals surface area (Å²) in [5, 5.41) is 3.16. The number of anilines is 1. The van der Waals surface area contributed by atoms with Gasteiger partial charge in [-0.2, -0.15) is 0 Å². The monoisotopic (exact) mass is 283 g/mol. The molecule has 1 atom stereocenters. The first-order valence-corrected chi connectivity index (χ1v) is 8.13. The second-order valence-corrected chi connectivity index (χ2v) is 7.56. The van der Waals surface area contributed by atoms with Crippen LogP contribution in [-0.4, -0.2) is 43.6 Å². The molecule has 5 nitrogen and oxygen atoms in total. The molecule has 1 aromatic rings. The number of rotatable bonds is 6. The lowest BCUT2D eigenvalue weighted by Gasteiger charge is -2.18. The van der Waals surface area contributed by atoms with Crippen molar-refractivity contribution in [1.29, 1.82) is 0 Å². The van der Waals surface area contributed by atoms with Crippen molar-refractivity contribution in [2.45, 2.75) is 31.7 Å². The summed E-state index contributed by atoms with van der Waals surface area (Å²) in [6.07, 6.45) is 2.42. The first-order valence-electron chi connectivity index (χ1n) is 6.52. The molecule has 106 valence electrons. The van der Waals surface area contributed by atoms with Gasteiger partial charge in [-0.05, 0) is 31.9 Å². The summed E-state index contributed by atoms with van der Waals surface area (Å²) in [5.74, 6) is 1.42. The van der Waals surface area contributed by atoms with Crippen LogP contribution < -0.4 is 5.32 Å². The number of aromatic nitrogens is 1. The molecule has 1 heterocycles. The Morgan fingerprint density at radius 2 is 2.11 bits per heavy atom. The van der Waals surface area contributed by atoms with E-state index in [1.165, 1.54) is 17.1 Å². The van der Waals surface area contributed by atoms with E-state index in [0.717, 1.165) is 11.5 Å². The zero-order valence-corrected chi connectivity index (χ0v) is 12.4. The highest BCUT2D eigenvalue weighted by Crippen LogP contribution is 2.39. The minimum Gasteiger partial charge on any atom is -0.367 e. The summed E-state index contributed by atoms with van der Waals surface area (Å²) in [7, 11) is -0.0893. The van der Waals surface area contributed by atoms with Crippen LogP contribution in [0.15, 0.2) is 18.2 Å². The first-order chi connectivity index (χ1) is 8.88. The fraction of sp³-hybridized carbons (Fsp3) is 0.615. The van der Waals surface area contributed by atoms with Crippen molar-refractivity contribution in [1.82, 2.24) is 9.29 Å². The Morgan fingerprint density at radius 3 is 2.68 bits per heavy atom. The van der Waals surface area contributed by atoms with E-state index in [2.05, 4.69) is 10.3 Å². The van der Waals surface area contributed by atoms with E-state index in [-0.39, 0.29) is 11.8 Å². The Balaban J connectivity index is 1.98. The first kappa shape index (κ1) is 14.3. The summed E-state index contributed by atoms with van der Waals surface area (Å²) in [5.41, 5.74) is 1.10. The van der Waals surface area contributed by atoms with Crippen molar-refractivity contribution in [2.75, 3.05) is 25.2 Å². The van der Waals surface area contributed by atoms with Crippen LogP contribution in [0.25, 0.3) is 0 Å². The summed E-state index contributed by atoms with van der Waals surface area (Å²) >= 11 is 0. The second-order valence-electron chi connectivity index (χ2n) is 5.33. The van der Waals surface area contributed by atoms with Crippen LogP contribution >= 0.6 is 0 Å². The van der Waals surface area contributed by atoms with Gasteiger partial charge in [-0.15, -0.1) is 0 Å². The zero-order chi connectivity index (χ0) is 14.0. The lowest BCUT2D eigenvalue weighted by Crippen LogP contribution is -2.33. The topological polar surface area (TPSA) is 62.3 Å². The molecule has 1 unspecified atom stereocenters. The largest absolute Gasteiger partial charge is 0.367 e. The van der Waals surface area contributed by atoms with Gasteiger partial charge in [0.05, 0.1) is 5.75 Å². The number of nitrogens with zero attached hydrogens (tertiary/aromatic N) is 2. The molecule has 0 saturated heterocycles. The highest BCUT2D eigenvalue weighted by atomic mass is 32.2. The molecule has 6 heteroatoms. The van der Waals surface area contributed by atoms with Crippen molar-refractivity contribution < 1.29 is 8.42 Å². The maximum absolute atomic E-state index is 11.8. The Bertz CT molecular complexity index is 539. The number of nitrogens with one attached hydrogen (secondary N) is 1. The zero-order valence-electron chi connectivity index (χ0n) is 11.6. The van der Waals surface area contributed by atoms with Gasteiger partial charge >= 0.3 is 0 Å². The Labute approximate surface area is 115 Å². The Morgan fingerprint density at radius 1 is 1.42 bits per heavy atom. The van der Waals surface area contributed by atoms with E-state index < -0.39 is 10.0 Å². The Kier molecular flexibility index (Phi) is 4.10. The van der Waals surface area contributed by atoms with Crippen LogP contribution in [0.2, 0.25) is 0 Å². The van der Waals surface area contributed by atoms with Crippen molar-refractivity contribution in [3.8, 4) is 0 Å². The fourth-order valence-electron chi connectivity index (χ4n) is 1.90. The van der Waals surface area contributed by atoms with Gasteiger partial charge in [0, 0.05) is 31.7 Å². The summed E-state index contributed by atoms with van der Waals surface area (Å²) in [4.78, 5) is 4.53. The van der Waals surface area contributed by atoms with Gasteiger partial charge in [0.1, 0.15) is 5.82 Å². The molecule has 0 radical (unpaired) electrons. The van der Waals surface area contributed by atoms with Crippen LogP contribution in [0, 0.1) is 0 Å². The minimum absolute atomic E-state index is 0.0648. The molecule has 19 heavy (non-hydrogen) atoms. The predicted molar refractivity (Wildman–Crippen MR) is 76.8 cm³/mol. The van der Waals surface area contributed by atoms with Crippen LogP contribution in [0.1, 0.15) is 31.4 Å². The quantitative estimate of drug-likeness (QED) is 0.862. The molecular weight excluding hydrogens is 262 g/mol. The molecule has 0 bridgehead atoms. The number of hydrogen-bond donors (Lipinski definition) is 1. The summed E-state index contributed by atoms with van der Waals surface area (Å²) < 4.78 is 24.8. The van der Waals surface area contributed by atoms with E-state index in [4.69, 9.17) is 0 Å². The molecule has 0 amide bonds. The van der Waals surface area contributed by atoms with E-state index >= 15 is 0 Å². The fourth-order valence-corrected chi connectivity index (χ4v) is 2.91. The summed E-state index contributed by atoms with van der Waals surface area (Å²) in [6.45, 7) is 1.85. The minimum atomic E-state index is -3.19. The number of pyridine rings is 1. The number of hydrogen-bond acceptors (Lipinski definition) is 4. The van der Waals surface area contributed by atoms with Gasteiger partial charge in [-0.25, -0.2) is 17.7 Å². The maximum Gasteiger partial charge on any atom is 0.215 e. The standard InChI is InChI=1S/C13H21N3O2S/c1-10(9-19(17,18)16(2)3)14-13-6-4-5-12(15-13)11-7-8-11/h4-6,10-11H,7-9H2,1-3H3,(H,14,15). The molecule has 1 fully saturated rings. The lowest BCUT2D eigenvalue weighted by molar-refractivity contribution is 0.517. The van der Waals surface area contributed by atoms with E-state index in [1.54, 1.807) is 14.1 Å². The molecule has 1 aliphatic carbocycles. The summed E-state index contributed by atoms with van der Waals surface area (Å²) in [6, 6.07) is 5.71. The molecule has 1 saturated carbocycles. The third-order valence-corrected chi connectivity index (χ3v) is 5.21. The van der Waals surface area contributed by atoms with Crippen LogP contribution in [-0.2, 0) is 10.0 Å². The lowest BCUT2D eigenvalue weighted by atomic mass is 10.2. The van der Waals surface area contributed by atoms with Gasteiger partial charge in [-0.3, -0.25) is 0 Å². The van der Waals surface area contributed by atoms with E-state index in [0.29, 0.717) is 5.92 Å². The van der Waals surface area contributed by atoms with E-state index in [9.17, 15) is 8.42 Å². The third-order valence-electron chi connectivity index (χ3n) is 3.18. The molecule has 0 aromatic carbocycles. The van der Waals surface area contributed by atoms with Crippen LogP contribution in [0.3, 0.4) is 0 Å². The highest BCUT2D eigenvalue weighted by Gasteiger charge is 2.25. The second kappa shape index (κ2) is 5.46. The molecular formula is C13H21N3O2S. The molecule has 1 aromatic heterocycles. The highest BCUT2D eigenvalue weighted by molar-refractivity contribution is 7.89. The predicted octanol–water partition coefficient (Wildman–Crippen LogP) is 1.65. The van der Waals surface area contributed by atoms with Crippen molar-refractivity contribution in [3.05, 3.63) is 23.9 Å². The van der Waals surface area contributed by atoms with Gasteiger partial charge in [-0.1, -0.05) is 6.07 Å². The SMILES string of the molecule is CC(CS(=O)(=O)N(C)C)Nc1cccc(C2CC2)n1. The average Bonchev–Trinajstić information content (AvgIpc) is 3.11. The molecule has 1 N–H and O–H groups in total. The van der Waals surface area contributed by atoms with Gasteiger partial charge in [0.15, 0.2) is 0 Å². The van der Waals surface area contributed by atoms with E-state index in [1.807, 2.05) is 25.1 Å².